The number of aliphatic hydroxyl groups is 1. The van der Waals surface area contributed by atoms with E-state index in [-0.39, 0.29) is 30.4 Å². The van der Waals surface area contributed by atoms with Crippen LogP contribution in [0.1, 0.15) is 19.4 Å². The van der Waals surface area contributed by atoms with Crippen LogP contribution in [0.25, 0.3) is 22.0 Å². The number of thioether (sulfide) groups is 1. The van der Waals surface area contributed by atoms with Crippen LogP contribution in [0.15, 0.2) is 52.7 Å². The van der Waals surface area contributed by atoms with Gasteiger partial charge in [-0.1, -0.05) is 18.7 Å². The Bertz CT molecular complexity index is 1410. The normalized spacial score (nSPS) is 22.0. The quantitative estimate of drug-likeness (QED) is 0.545. The number of hydrogen-bond acceptors (Lipinski definition) is 6. The molecule has 3 heterocycles. The third kappa shape index (κ3) is 4.10. The highest BCUT2D eigenvalue weighted by Gasteiger charge is 2.34. The second-order valence-corrected chi connectivity index (χ2v) is 10.7. The maximum atomic E-state index is 13.7. The Hall–Kier alpha value is -3.17. The number of halogens is 1. The number of anilines is 1. The first-order valence-electron chi connectivity index (χ1n) is 12.0. The zero-order chi connectivity index (χ0) is 25.7. The van der Waals surface area contributed by atoms with Gasteiger partial charge in [-0.3, -0.25) is 9.36 Å². The highest BCUT2D eigenvalue weighted by atomic mass is 32.2. The predicted molar refractivity (Wildman–Crippen MR) is 141 cm³/mol. The van der Waals surface area contributed by atoms with Gasteiger partial charge in [0.05, 0.1) is 18.2 Å². The molecule has 0 radical (unpaired) electrons. The zero-order valence-electron chi connectivity index (χ0n) is 20.6. The molecule has 0 spiro atoms. The van der Waals surface area contributed by atoms with Crippen LogP contribution in [0, 0.1) is 12.7 Å². The summed E-state index contributed by atoms with van der Waals surface area (Å²) >= 11 is 1.51. The minimum atomic E-state index is -0.703. The average Bonchev–Trinajstić information content (AvgIpc) is 3.01. The molecule has 1 saturated heterocycles. The van der Waals surface area contributed by atoms with Crippen molar-refractivity contribution in [3.05, 3.63) is 64.9 Å². The number of aliphatic hydroxyl groups excluding tert-OH is 1. The van der Waals surface area contributed by atoms with E-state index in [1.165, 1.54) is 30.0 Å². The van der Waals surface area contributed by atoms with Crippen molar-refractivity contribution in [1.82, 2.24) is 14.5 Å². The molecular weight excluding hydrogens is 479 g/mol. The molecule has 5 rings (SSSR count). The summed E-state index contributed by atoms with van der Waals surface area (Å²) in [7, 11) is 0. The van der Waals surface area contributed by atoms with Gasteiger partial charge < -0.3 is 14.9 Å². The van der Waals surface area contributed by atoms with Gasteiger partial charge in [0, 0.05) is 46.8 Å². The number of carbonyl (C=O) groups is 1. The van der Waals surface area contributed by atoms with Crippen LogP contribution in [0.3, 0.4) is 0 Å². The molecule has 9 heteroatoms. The number of aryl methyl sites for hydroxylation is 1. The lowest BCUT2D eigenvalue weighted by Gasteiger charge is -2.44. The molecule has 1 fully saturated rings. The Labute approximate surface area is 213 Å². The minimum absolute atomic E-state index is 0.0931. The number of benzene rings is 2. The molecule has 0 bridgehead atoms. The van der Waals surface area contributed by atoms with E-state index in [2.05, 4.69) is 16.5 Å². The number of hydrogen-bond donors (Lipinski definition) is 1. The molecule has 1 amide bonds. The van der Waals surface area contributed by atoms with Gasteiger partial charge in [0.25, 0.3) is 0 Å². The van der Waals surface area contributed by atoms with E-state index in [4.69, 9.17) is 0 Å². The fraction of sp³-hybridized carbons (Fsp3) is 0.370. The molecule has 0 aliphatic carbocycles. The van der Waals surface area contributed by atoms with Crippen LogP contribution < -0.4 is 10.6 Å². The number of piperazine rings is 1. The van der Waals surface area contributed by atoms with Gasteiger partial charge in [0.1, 0.15) is 11.6 Å². The van der Waals surface area contributed by atoms with Crippen LogP contribution in [-0.2, 0) is 11.3 Å². The SMILES string of the molecule is C=CC(=O)N1[C@H](C)CN(c2nc(=O)n3c4c(c(-c5ccc(F)cc5)c(C)cc24)SC[C@@H](O)C3)C[C@@H]1C. The molecule has 0 unspecified atom stereocenters. The maximum absolute atomic E-state index is 13.7. The molecule has 1 N–H and O–H groups in total. The van der Waals surface area contributed by atoms with Gasteiger partial charge in [-0.05, 0) is 56.2 Å². The lowest BCUT2D eigenvalue weighted by molar-refractivity contribution is -0.130. The fourth-order valence-corrected chi connectivity index (χ4v) is 6.77. The van der Waals surface area contributed by atoms with Crippen LogP contribution in [-0.4, -0.2) is 62.5 Å². The first-order chi connectivity index (χ1) is 17.2. The van der Waals surface area contributed by atoms with Gasteiger partial charge in [0.2, 0.25) is 5.91 Å². The molecule has 1 aromatic heterocycles. The number of aromatic nitrogens is 2. The van der Waals surface area contributed by atoms with Crippen LogP contribution >= 0.6 is 11.8 Å². The standard InChI is InChI=1S/C27H29FN4O3S/c1-5-22(34)32-16(3)11-30(12-17(32)4)26-21-10-15(2)23(18-6-8-19(28)9-7-18)25-24(21)31(27(35)29-26)13-20(33)14-36-25/h5-10,16-17,20,33H,1,11-14H2,2-4H3/t16-,17+,20-/m0/s1. The molecule has 7 nitrogen and oxygen atoms in total. The van der Waals surface area contributed by atoms with Crippen molar-refractivity contribution in [2.45, 2.75) is 50.4 Å². The topological polar surface area (TPSA) is 78.7 Å². The third-order valence-electron chi connectivity index (χ3n) is 6.99. The number of nitrogens with zero attached hydrogens (tertiary/aromatic N) is 4. The van der Waals surface area contributed by atoms with Crippen molar-refractivity contribution < 1.29 is 14.3 Å². The summed E-state index contributed by atoms with van der Waals surface area (Å²) in [5, 5.41) is 11.4. The van der Waals surface area contributed by atoms with E-state index in [0.717, 1.165) is 32.5 Å². The first kappa shape index (κ1) is 24.5. The average molecular weight is 509 g/mol. The van der Waals surface area contributed by atoms with Gasteiger partial charge in [-0.25, -0.2) is 9.18 Å². The lowest BCUT2D eigenvalue weighted by Crippen LogP contribution is -2.58. The molecular formula is C27H29FN4O3S. The van der Waals surface area contributed by atoms with Gasteiger partial charge in [-0.2, -0.15) is 4.98 Å². The van der Waals surface area contributed by atoms with Crippen molar-refractivity contribution >= 4 is 34.4 Å². The number of amides is 1. The minimum Gasteiger partial charge on any atom is -0.390 e. The molecule has 36 heavy (non-hydrogen) atoms. The summed E-state index contributed by atoms with van der Waals surface area (Å²) in [6, 6.07) is 8.19. The molecule has 2 aromatic carbocycles. The van der Waals surface area contributed by atoms with Crippen molar-refractivity contribution in [1.29, 1.82) is 0 Å². The molecule has 2 aliphatic heterocycles. The Morgan fingerprint density at radius 1 is 1.19 bits per heavy atom. The predicted octanol–water partition coefficient (Wildman–Crippen LogP) is 3.59. The first-order valence-corrected chi connectivity index (χ1v) is 13.0. The van der Waals surface area contributed by atoms with Gasteiger partial charge >= 0.3 is 5.69 Å². The number of carbonyl (C=O) groups excluding carboxylic acids is 1. The molecule has 3 atom stereocenters. The van der Waals surface area contributed by atoms with E-state index >= 15 is 0 Å². The summed E-state index contributed by atoms with van der Waals surface area (Å²) in [5.74, 6) is 0.593. The monoisotopic (exact) mass is 508 g/mol. The molecule has 2 aliphatic rings. The van der Waals surface area contributed by atoms with Crippen LogP contribution in [0.5, 0.6) is 0 Å². The van der Waals surface area contributed by atoms with E-state index in [0.29, 0.717) is 24.7 Å². The maximum Gasteiger partial charge on any atom is 0.350 e. The highest BCUT2D eigenvalue weighted by Crippen LogP contribution is 2.43. The molecule has 188 valence electrons. The third-order valence-corrected chi connectivity index (χ3v) is 8.23. The van der Waals surface area contributed by atoms with Crippen LogP contribution in [0.4, 0.5) is 10.2 Å². The number of rotatable bonds is 3. The van der Waals surface area contributed by atoms with E-state index < -0.39 is 11.8 Å². The Morgan fingerprint density at radius 3 is 2.50 bits per heavy atom. The van der Waals surface area contributed by atoms with Crippen molar-refractivity contribution in [2.24, 2.45) is 0 Å². The van der Waals surface area contributed by atoms with Gasteiger partial charge in [-0.15, -0.1) is 11.8 Å². The molecule has 3 aromatic rings. The van der Waals surface area contributed by atoms with Crippen LogP contribution in [0.2, 0.25) is 0 Å². The smallest absolute Gasteiger partial charge is 0.350 e. The summed E-state index contributed by atoms with van der Waals surface area (Å²) in [6.07, 6.45) is 0.633. The second-order valence-electron chi connectivity index (χ2n) is 9.65. The fourth-order valence-electron chi connectivity index (χ4n) is 5.53. The Balaban J connectivity index is 1.73. The van der Waals surface area contributed by atoms with Gasteiger partial charge in [0.15, 0.2) is 0 Å². The van der Waals surface area contributed by atoms with Crippen molar-refractivity contribution in [3.63, 3.8) is 0 Å². The summed E-state index contributed by atoms with van der Waals surface area (Å²) in [4.78, 5) is 35.0. The lowest BCUT2D eigenvalue weighted by atomic mass is 9.97. The second kappa shape index (κ2) is 9.37. The largest absolute Gasteiger partial charge is 0.390 e. The Morgan fingerprint density at radius 2 is 1.86 bits per heavy atom. The van der Waals surface area contributed by atoms with E-state index in [1.54, 1.807) is 16.7 Å². The summed E-state index contributed by atoms with van der Waals surface area (Å²) < 4.78 is 15.2. The van der Waals surface area contributed by atoms with E-state index in [1.807, 2.05) is 31.7 Å². The summed E-state index contributed by atoms with van der Waals surface area (Å²) in [6.45, 7) is 10.8. The zero-order valence-corrected chi connectivity index (χ0v) is 21.4. The molecule has 0 saturated carbocycles. The summed E-state index contributed by atoms with van der Waals surface area (Å²) in [5.41, 5.74) is 3.07. The van der Waals surface area contributed by atoms with Crippen molar-refractivity contribution in [2.75, 3.05) is 23.7 Å². The Kier molecular flexibility index (Phi) is 6.38. The van der Waals surface area contributed by atoms with E-state index in [9.17, 15) is 19.1 Å². The van der Waals surface area contributed by atoms with Crippen molar-refractivity contribution in [3.8, 4) is 11.1 Å². The highest BCUT2D eigenvalue weighted by molar-refractivity contribution is 7.99.